The van der Waals surface area contributed by atoms with Gasteiger partial charge in [0.25, 0.3) is 0 Å². The molecule has 88 valence electrons. The number of methoxy groups -OCH3 is 1. The second-order valence-corrected chi connectivity index (χ2v) is 4.51. The highest BCUT2D eigenvalue weighted by atomic mass is 32.2. The van der Waals surface area contributed by atoms with E-state index in [2.05, 4.69) is 10.1 Å². The van der Waals surface area contributed by atoms with Crippen molar-refractivity contribution >= 4 is 23.6 Å². The molecule has 0 unspecified atom stereocenters. The maximum atomic E-state index is 11.4. The first-order valence-corrected chi connectivity index (χ1v) is 6.29. The second-order valence-electron chi connectivity index (χ2n) is 3.52. The number of ether oxygens (including phenoxy) is 1. The summed E-state index contributed by atoms with van der Waals surface area (Å²) in [6, 6.07) is -0.516. The number of hydrogen-bond acceptors (Lipinski definition) is 4. The van der Waals surface area contributed by atoms with E-state index in [9.17, 15) is 9.59 Å². The van der Waals surface area contributed by atoms with Gasteiger partial charge in [0.15, 0.2) is 0 Å². The number of rotatable bonds is 6. The molecule has 0 aliphatic heterocycles. The van der Waals surface area contributed by atoms with Crippen molar-refractivity contribution in [1.29, 1.82) is 0 Å². The first kappa shape index (κ1) is 14.3. The van der Waals surface area contributed by atoms with Crippen LogP contribution in [0.25, 0.3) is 0 Å². The molecule has 0 aliphatic carbocycles. The Morgan fingerprint density at radius 1 is 1.40 bits per heavy atom. The molecule has 5 heteroatoms. The predicted octanol–water partition coefficient (Wildman–Crippen LogP) is 1.05. The minimum atomic E-state index is -0.516. The average Bonchev–Trinajstić information content (AvgIpc) is 2.22. The monoisotopic (exact) mass is 233 g/mol. The minimum absolute atomic E-state index is 0.119. The van der Waals surface area contributed by atoms with Crippen molar-refractivity contribution in [1.82, 2.24) is 5.32 Å². The summed E-state index contributed by atoms with van der Waals surface area (Å²) in [5.41, 5.74) is 0. The number of amides is 1. The van der Waals surface area contributed by atoms with Gasteiger partial charge in [0.05, 0.1) is 7.11 Å². The van der Waals surface area contributed by atoms with Gasteiger partial charge in [0, 0.05) is 5.92 Å². The Labute approximate surface area is 95.1 Å². The van der Waals surface area contributed by atoms with E-state index < -0.39 is 6.04 Å². The van der Waals surface area contributed by atoms with E-state index >= 15 is 0 Å². The number of esters is 1. The molecular formula is C10H19NO3S. The fourth-order valence-corrected chi connectivity index (χ4v) is 1.44. The summed E-state index contributed by atoms with van der Waals surface area (Å²) in [6.45, 7) is 3.58. The standard InChI is InChI=1S/C10H19NO3S/c1-7(2)9(12)11-8(5-6-15-4)10(13)14-3/h7-8H,5-6H2,1-4H3,(H,11,12)/t8-/m0/s1. The van der Waals surface area contributed by atoms with Crippen LogP contribution in [0, 0.1) is 5.92 Å². The molecule has 0 radical (unpaired) electrons. The van der Waals surface area contributed by atoms with Gasteiger partial charge in [-0.2, -0.15) is 11.8 Å². The molecule has 0 aromatic carbocycles. The van der Waals surface area contributed by atoms with Crippen molar-refractivity contribution in [2.75, 3.05) is 19.1 Å². The molecule has 0 rings (SSSR count). The fraction of sp³-hybridized carbons (Fsp3) is 0.800. The van der Waals surface area contributed by atoms with Gasteiger partial charge in [-0.3, -0.25) is 4.79 Å². The third kappa shape index (κ3) is 5.67. The molecule has 4 nitrogen and oxygen atoms in total. The van der Waals surface area contributed by atoms with Gasteiger partial charge in [0.2, 0.25) is 5.91 Å². The van der Waals surface area contributed by atoms with E-state index in [1.54, 1.807) is 25.6 Å². The van der Waals surface area contributed by atoms with Crippen molar-refractivity contribution in [3.8, 4) is 0 Å². The summed E-state index contributed by atoms with van der Waals surface area (Å²) in [5, 5.41) is 2.68. The molecule has 0 saturated carbocycles. The van der Waals surface area contributed by atoms with Gasteiger partial charge >= 0.3 is 5.97 Å². The summed E-state index contributed by atoms with van der Waals surface area (Å²) in [7, 11) is 1.33. The van der Waals surface area contributed by atoms with Crippen molar-refractivity contribution in [2.24, 2.45) is 5.92 Å². The highest BCUT2D eigenvalue weighted by molar-refractivity contribution is 7.98. The number of hydrogen-bond donors (Lipinski definition) is 1. The lowest BCUT2D eigenvalue weighted by Gasteiger charge is -2.17. The van der Waals surface area contributed by atoms with Crippen LogP contribution in [-0.4, -0.2) is 37.0 Å². The Morgan fingerprint density at radius 3 is 2.40 bits per heavy atom. The van der Waals surface area contributed by atoms with Crippen LogP contribution in [0.4, 0.5) is 0 Å². The molecule has 0 aromatic heterocycles. The van der Waals surface area contributed by atoms with E-state index in [1.807, 2.05) is 6.26 Å². The summed E-state index contributed by atoms with van der Waals surface area (Å²) in [6.07, 6.45) is 2.56. The van der Waals surface area contributed by atoms with Gasteiger partial charge < -0.3 is 10.1 Å². The molecule has 0 bridgehead atoms. The van der Waals surface area contributed by atoms with E-state index in [0.29, 0.717) is 6.42 Å². The quantitative estimate of drug-likeness (QED) is 0.697. The van der Waals surface area contributed by atoms with Gasteiger partial charge in [-0.15, -0.1) is 0 Å². The zero-order valence-electron chi connectivity index (χ0n) is 9.70. The lowest BCUT2D eigenvalue weighted by atomic mass is 10.1. The molecule has 0 heterocycles. The van der Waals surface area contributed by atoms with Crippen molar-refractivity contribution in [3.05, 3.63) is 0 Å². The van der Waals surface area contributed by atoms with Crippen LogP contribution in [0.1, 0.15) is 20.3 Å². The first-order valence-electron chi connectivity index (χ1n) is 4.90. The lowest BCUT2D eigenvalue weighted by Crippen LogP contribution is -2.43. The molecule has 0 aromatic rings. The van der Waals surface area contributed by atoms with Crippen LogP contribution >= 0.6 is 11.8 Å². The Bertz CT molecular complexity index is 219. The highest BCUT2D eigenvalue weighted by Crippen LogP contribution is 2.03. The Kier molecular flexibility index (Phi) is 7.21. The molecule has 1 amide bonds. The molecule has 0 fully saturated rings. The number of carbonyl (C=O) groups is 2. The first-order chi connectivity index (χ1) is 7.02. The summed E-state index contributed by atoms with van der Waals surface area (Å²) < 4.78 is 4.63. The summed E-state index contributed by atoms with van der Waals surface area (Å²) >= 11 is 1.63. The molecule has 1 N–H and O–H groups in total. The van der Waals surface area contributed by atoms with Crippen LogP contribution in [0.5, 0.6) is 0 Å². The number of nitrogens with one attached hydrogen (secondary N) is 1. The molecule has 0 saturated heterocycles. The summed E-state index contributed by atoms with van der Waals surface area (Å²) in [4.78, 5) is 22.7. The van der Waals surface area contributed by atoms with E-state index in [4.69, 9.17) is 0 Å². The third-order valence-electron chi connectivity index (χ3n) is 1.94. The average molecular weight is 233 g/mol. The van der Waals surface area contributed by atoms with Crippen LogP contribution < -0.4 is 5.32 Å². The molecule has 0 aliphatic rings. The molecule has 1 atom stereocenters. The molecular weight excluding hydrogens is 214 g/mol. The Morgan fingerprint density at radius 2 is 2.00 bits per heavy atom. The second kappa shape index (κ2) is 7.56. The number of carbonyl (C=O) groups excluding carboxylic acids is 2. The smallest absolute Gasteiger partial charge is 0.328 e. The van der Waals surface area contributed by atoms with Gasteiger partial charge in [-0.25, -0.2) is 4.79 Å². The predicted molar refractivity (Wildman–Crippen MR) is 61.8 cm³/mol. The van der Waals surface area contributed by atoms with Crippen molar-refractivity contribution in [2.45, 2.75) is 26.3 Å². The van der Waals surface area contributed by atoms with E-state index in [1.165, 1.54) is 7.11 Å². The SMILES string of the molecule is COC(=O)[C@H](CCSC)NC(=O)C(C)C. The fourth-order valence-electron chi connectivity index (χ4n) is 0.965. The lowest BCUT2D eigenvalue weighted by molar-refractivity contribution is -0.145. The van der Waals surface area contributed by atoms with Gasteiger partial charge in [-0.1, -0.05) is 13.8 Å². The van der Waals surface area contributed by atoms with Crippen LogP contribution in [0.3, 0.4) is 0 Å². The largest absolute Gasteiger partial charge is 0.467 e. The van der Waals surface area contributed by atoms with Crippen molar-refractivity contribution < 1.29 is 14.3 Å². The maximum absolute atomic E-state index is 11.4. The highest BCUT2D eigenvalue weighted by Gasteiger charge is 2.21. The van der Waals surface area contributed by atoms with Crippen LogP contribution in [0.2, 0.25) is 0 Å². The minimum Gasteiger partial charge on any atom is -0.467 e. The zero-order chi connectivity index (χ0) is 11.8. The summed E-state index contributed by atoms with van der Waals surface area (Å²) in [5.74, 6) is 0.203. The van der Waals surface area contributed by atoms with Gasteiger partial charge in [-0.05, 0) is 18.4 Å². The zero-order valence-corrected chi connectivity index (χ0v) is 10.5. The third-order valence-corrected chi connectivity index (χ3v) is 2.58. The normalized spacial score (nSPS) is 12.3. The number of thioether (sulfide) groups is 1. The van der Waals surface area contributed by atoms with Gasteiger partial charge in [0.1, 0.15) is 6.04 Å². The topological polar surface area (TPSA) is 55.4 Å². The Balaban J connectivity index is 4.23. The molecule has 0 spiro atoms. The Hall–Kier alpha value is -0.710. The van der Waals surface area contributed by atoms with E-state index in [-0.39, 0.29) is 17.8 Å². The maximum Gasteiger partial charge on any atom is 0.328 e. The van der Waals surface area contributed by atoms with E-state index in [0.717, 1.165) is 5.75 Å². The van der Waals surface area contributed by atoms with Crippen LogP contribution in [0.15, 0.2) is 0 Å². The van der Waals surface area contributed by atoms with Crippen LogP contribution in [-0.2, 0) is 14.3 Å². The van der Waals surface area contributed by atoms with Crippen molar-refractivity contribution in [3.63, 3.8) is 0 Å². The molecule has 15 heavy (non-hydrogen) atoms.